The van der Waals surface area contributed by atoms with Gasteiger partial charge in [0.1, 0.15) is 0 Å². The minimum atomic E-state index is -3.03. The van der Waals surface area contributed by atoms with E-state index in [1.54, 1.807) is 0 Å². The normalized spacial score (nSPS) is 22.5. The van der Waals surface area contributed by atoms with Crippen LogP contribution in [0.15, 0.2) is 4.60 Å². The fraction of sp³-hybridized carbons (Fsp3) is 0.727. The maximum Gasteiger partial charge on any atom is 0.345 e. The molecule has 3 heterocycles. The van der Waals surface area contributed by atoms with Crippen molar-refractivity contribution in [1.29, 1.82) is 0 Å². The van der Waals surface area contributed by atoms with Gasteiger partial charge < -0.3 is 9.80 Å². The zero-order chi connectivity index (χ0) is 16.1. The summed E-state index contributed by atoms with van der Waals surface area (Å²) in [5, 5.41) is 15.6. The summed E-state index contributed by atoms with van der Waals surface area (Å²) in [4.78, 5) is 15.0. The Bertz CT molecular complexity index is 698. The number of nitrogens with zero attached hydrogens (tertiary/aromatic N) is 5. The van der Waals surface area contributed by atoms with Crippen LogP contribution in [0.1, 0.15) is 6.04 Å². The molecule has 0 bridgehead atoms. The highest BCUT2D eigenvalue weighted by Crippen LogP contribution is 2.39. The second-order valence-electron chi connectivity index (χ2n) is 5.69. The molecule has 0 spiro atoms. The first-order chi connectivity index (χ1) is 10.3. The lowest BCUT2D eigenvalue weighted by Gasteiger charge is -2.35. The second-order valence-corrected chi connectivity index (χ2v) is 8.59. The van der Waals surface area contributed by atoms with Gasteiger partial charge in [0.2, 0.25) is 10.4 Å². The Morgan fingerprint density at radius 1 is 1.27 bits per heavy atom. The summed E-state index contributed by atoms with van der Waals surface area (Å²) in [7, 11) is -1.03. The number of sulfone groups is 1. The number of piperazine rings is 1. The van der Waals surface area contributed by atoms with Crippen LogP contribution in [0.3, 0.4) is 0 Å². The first kappa shape index (κ1) is 15.7. The second kappa shape index (κ2) is 5.46. The van der Waals surface area contributed by atoms with E-state index in [9.17, 15) is 18.5 Å². The lowest BCUT2D eigenvalue weighted by Crippen LogP contribution is -2.47. The molecule has 1 aromatic rings. The highest BCUT2D eigenvalue weighted by atomic mass is 79.9. The molecular formula is C11H16BrN5O4S. The predicted molar refractivity (Wildman–Crippen MR) is 84.0 cm³/mol. The van der Waals surface area contributed by atoms with Crippen LogP contribution < -0.4 is 4.90 Å². The summed E-state index contributed by atoms with van der Waals surface area (Å²) < 4.78 is 24.5. The predicted octanol–water partition coefficient (Wildman–Crippen LogP) is 0.275. The van der Waals surface area contributed by atoms with Crippen molar-refractivity contribution in [3.05, 3.63) is 14.7 Å². The van der Waals surface area contributed by atoms with Crippen molar-refractivity contribution in [3.63, 3.8) is 0 Å². The number of hydrogen-bond donors (Lipinski definition) is 0. The Labute approximate surface area is 136 Å². The third kappa shape index (κ3) is 2.72. The number of nitro groups is 1. The summed E-state index contributed by atoms with van der Waals surface area (Å²) in [5.41, 5.74) is -0.0890. The van der Waals surface area contributed by atoms with Crippen LogP contribution in [0.25, 0.3) is 0 Å². The smallest absolute Gasteiger partial charge is 0.345 e. The molecule has 11 heteroatoms. The fourth-order valence-electron chi connectivity index (χ4n) is 2.79. The average Bonchev–Trinajstić information content (AvgIpc) is 2.74. The van der Waals surface area contributed by atoms with Crippen LogP contribution in [0.5, 0.6) is 0 Å². The molecule has 2 aliphatic rings. The van der Waals surface area contributed by atoms with Gasteiger partial charge in [0.25, 0.3) is 0 Å². The summed E-state index contributed by atoms with van der Waals surface area (Å²) in [6.45, 7) is 2.88. The number of likely N-dealkylation sites (N-methyl/N-ethyl adjacent to an activating group) is 1. The molecule has 3 rings (SSSR count). The molecule has 0 atom stereocenters. The van der Waals surface area contributed by atoms with Crippen LogP contribution in [0, 0.1) is 10.1 Å². The Hall–Kier alpha value is -1.20. The van der Waals surface area contributed by atoms with Gasteiger partial charge in [0.05, 0.1) is 22.5 Å². The molecule has 0 N–H and O–H groups in total. The highest BCUT2D eigenvalue weighted by molar-refractivity contribution is 9.10. The monoisotopic (exact) mass is 393 g/mol. The molecule has 0 unspecified atom stereocenters. The van der Waals surface area contributed by atoms with E-state index in [2.05, 4.69) is 25.9 Å². The lowest BCUT2D eigenvalue weighted by molar-refractivity contribution is -0.385. The van der Waals surface area contributed by atoms with Gasteiger partial charge in [-0.2, -0.15) is 5.10 Å². The Morgan fingerprint density at radius 3 is 2.36 bits per heavy atom. The number of anilines is 1. The van der Waals surface area contributed by atoms with Gasteiger partial charge in [-0.3, -0.25) is 10.1 Å². The van der Waals surface area contributed by atoms with E-state index >= 15 is 0 Å². The largest absolute Gasteiger partial charge is 0.348 e. The number of aromatic nitrogens is 2. The first-order valence-corrected chi connectivity index (χ1v) is 9.46. The number of halogens is 1. The molecule has 0 aromatic carbocycles. The molecule has 0 radical (unpaired) electrons. The number of rotatable bonds is 3. The molecule has 2 saturated heterocycles. The van der Waals surface area contributed by atoms with Crippen LogP contribution in [0.4, 0.5) is 11.5 Å². The van der Waals surface area contributed by atoms with Crippen molar-refractivity contribution in [2.24, 2.45) is 0 Å². The topological polar surface area (TPSA) is 102 Å². The maximum absolute atomic E-state index is 11.4. The molecular weight excluding hydrogens is 378 g/mol. The minimum absolute atomic E-state index is 0.0149. The van der Waals surface area contributed by atoms with Gasteiger partial charge >= 0.3 is 5.69 Å². The third-order valence-corrected chi connectivity index (χ3v) is 6.36. The molecule has 2 fully saturated rings. The summed E-state index contributed by atoms with van der Waals surface area (Å²) >= 11 is 3.14. The Morgan fingerprint density at radius 2 is 1.86 bits per heavy atom. The maximum atomic E-state index is 11.4. The van der Waals surface area contributed by atoms with E-state index < -0.39 is 14.8 Å². The summed E-state index contributed by atoms with van der Waals surface area (Å²) in [6, 6.07) is -0.329. The van der Waals surface area contributed by atoms with E-state index in [4.69, 9.17) is 0 Å². The van der Waals surface area contributed by atoms with Crippen molar-refractivity contribution in [1.82, 2.24) is 14.7 Å². The van der Waals surface area contributed by atoms with E-state index in [0.717, 1.165) is 13.1 Å². The molecule has 122 valence electrons. The van der Waals surface area contributed by atoms with Gasteiger partial charge in [-0.15, -0.1) is 0 Å². The molecule has 1 aromatic heterocycles. The standard InChI is InChI=1S/C11H16BrN5O4S/c1-14-2-4-15(5-3-14)11-9(17(18)19)10(12)13-16(11)8-6-22(20,21)7-8/h8H,2-7H2,1H3. The van der Waals surface area contributed by atoms with Crippen molar-refractivity contribution in [2.45, 2.75) is 6.04 Å². The zero-order valence-electron chi connectivity index (χ0n) is 12.0. The summed E-state index contributed by atoms with van der Waals surface area (Å²) in [5.74, 6) is 0.378. The van der Waals surface area contributed by atoms with Crippen molar-refractivity contribution < 1.29 is 13.3 Å². The van der Waals surface area contributed by atoms with Crippen LogP contribution in [-0.4, -0.2) is 72.8 Å². The quantitative estimate of drug-likeness (QED) is 0.536. The molecule has 0 aliphatic carbocycles. The Balaban J connectivity index is 1.99. The van der Waals surface area contributed by atoms with Crippen LogP contribution in [-0.2, 0) is 9.84 Å². The van der Waals surface area contributed by atoms with E-state index in [1.165, 1.54) is 4.68 Å². The van der Waals surface area contributed by atoms with Gasteiger partial charge in [0, 0.05) is 26.2 Å². The molecule has 9 nitrogen and oxygen atoms in total. The molecule has 0 saturated carbocycles. The van der Waals surface area contributed by atoms with Gasteiger partial charge in [0.15, 0.2) is 9.84 Å². The van der Waals surface area contributed by atoms with E-state index in [-0.39, 0.29) is 27.8 Å². The first-order valence-electron chi connectivity index (χ1n) is 6.85. The lowest BCUT2D eigenvalue weighted by atomic mass is 10.3. The van der Waals surface area contributed by atoms with Gasteiger partial charge in [-0.05, 0) is 23.0 Å². The SMILES string of the molecule is CN1CCN(c2c([N+](=O)[O-])c(Br)nn2C2CS(=O)(=O)C2)CC1. The fourth-order valence-corrected chi connectivity index (χ4v) is 4.64. The van der Waals surface area contributed by atoms with E-state index in [1.807, 2.05) is 11.9 Å². The van der Waals surface area contributed by atoms with Gasteiger partial charge in [-0.1, -0.05) is 0 Å². The van der Waals surface area contributed by atoms with Gasteiger partial charge in [-0.25, -0.2) is 13.1 Å². The van der Waals surface area contributed by atoms with Crippen molar-refractivity contribution >= 4 is 37.3 Å². The van der Waals surface area contributed by atoms with Crippen LogP contribution >= 0.6 is 15.9 Å². The zero-order valence-corrected chi connectivity index (χ0v) is 14.4. The molecule has 2 aliphatic heterocycles. The van der Waals surface area contributed by atoms with Crippen molar-refractivity contribution in [3.8, 4) is 0 Å². The van der Waals surface area contributed by atoms with Crippen molar-refractivity contribution in [2.75, 3.05) is 49.6 Å². The molecule has 0 amide bonds. The van der Waals surface area contributed by atoms with E-state index in [0.29, 0.717) is 18.9 Å². The number of hydrogen-bond acceptors (Lipinski definition) is 7. The average molecular weight is 394 g/mol. The third-order valence-electron chi connectivity index (χ3n) is 4.04. The Kier molecular flexibility index (Phi) is 3.89. The van der Waals surface area contributed by atoms with Crippen LogP contribution in [0.2, 0.25) is 0 Å². The highest BCUT2D eigenvalue weighted by Gasteiger charge is 2.41. The molecule has 22 heavy (non-hydrogen) atoms. The summed E-state index contributed by atoms with van der Waals surface area (Å²) in [6.07, 6.45) is 0. The minimum Gasteiger partial charge on any atom is -0.348 e.